The minimum Gasteiger partial charge on any atom is -0.481 e. The van der Waals surface area contributed by atoms with Crippen LogP contribution in [-0.2, 0) is 4.79 Å². The first-order valence-electron chi connectivity index (χ1n) is 6.97. The summed E-state index contributed by atoms with van der Waals surface area (Å²) in [6.45, 7) is 5.66. The van der Waals surface area contributed by atoms with Crippen molar-refractivity contribution in [1.82, 2.24) is 9.88 Å². The van der Waals surface area contributed by atoms with Crippen LogP contribution in [0.4, 0.5) is 0 Å². The number of hydrogen-bond acceptors (Lipinski definition) is 3. The van der Waals surface area contributed by atoms with E-state index in [0.717, 1.165) is 25.1 Å². The van der Waals surface area contributed by atoms with E-state index in [4.69, 9.17) is 0 Å². The van der Waals surface area contributed by atoms with Gasteiger partial charge in [0, 0.05) is 18.8 Å². The van der Waals surface area contributed by atoms with Gasteiger partial charge in [0.25, 0.3) is 0 Å². The average Bonchev–Trinajstić information content (AvgIpc) is 2.47. The predicted molar refractivity (Wildman–Crippen MR) is 73.8 cm³/mol. The maximum Gasteiger partial charge on any atom is 0.310 e. The van der Waals surface area contributed by atoms with Crippen molar-refractivity contribution in [2.24, 2.45) is 5.41 Å². The van der Waals surface area contributed by atoms with E-state index in [0.29, 0.717) is 13.0 Å². The standard InChI is InChI=1S/C15H22N2O2/c1-3-15(14(18)19)8-6-10-17(11-15)12(2)13-7-4-5-9-16-13/h4-5,7,9,12H,3,6,8,10-11H2,1-2H3,(H,18,19). The summed E-state index contributed by atoms with van der Waals surface area (Å²) in [5.74, 6) is -0.659. The summed E-state index contributed by atoms with van der Waals surface area (Å²) in [4.78, 5) is 18.2. The number of piperidine rings is 1. The Bertz CT molecular complexity index is 435. The molecule has 1 aliphatic heterocycles. The van der Waals surface area contributed by atoms with Gasteiger partial charge in [-0.15, -0.1) is 0 Å². The van der Waals surface area contributed by atoms with E-state index in [-0.39, 0.29) is 6.04 Å². The van der Waals surface area contributed by atoms with Crippen LogP contribution in [0.5, 0.6) is 0 Å². The van der Waals surface area contributed by atoms with Crippen LogP contribution in [0, 0.1) is 5.41 Å². The summed E-state index contributed by atoms with van der Waals surface area (Å²) >= 11 is 0. The Labute approximate surface area is 114 Å². The fraction of sp³-hybridized carbons (Fsp3) is 0.600. The average molecular weight is 262 g/mol. The van der Waals surface area contributed by atoms with Crippen LogP contribution in [0.2, 0.25) is 0 Å². The zero-order valence-electron chi connectivity index (χ0n) is 11.7. The molecule has 1 aliphatic rings. The Morgan fingerprint density at radius 1 is 1.58 bits per heavy atom. The Balaban J connectivity index is 2.15. The minimum atomic E-state index is -0.659. The van der Waals surface area contributed by atoms with Gasteiger partial charge in [-0.1, -0.05) is 13.0 Å². The summed E-state index contributed by atoms with van der Waals surface area (Å²) in [5.41, 5.74) is 0.432. The van der Waals surface area contributed by atoms with Gasteiger partial charge < -0.3 is 5.11 Å². The van der Waals surface area contributed by atoms with Crippen molar-refractivity contribution < 1.29 is 9.90 Å². The molecule has 4 nitrogen and oxygen atoms in total. The van der Waals surface area contributed by atoms with Crippen LogP contribution in [0.15, 0.2) is 24.4 Å². The van der Waals surface area contributed by atoms with E-state index < -0.39 is 11.4 Å². The first kappa shape index (κ1) is 14.0. The zero-order chi connectivity index (χ0) is 13.9. The third-order valence-corrected chi connectivity index (χ3v) is 4.40. The van der Waals surface area contributed by atoms with Gasteiger partial charge in [0.15, 0.2) is 0 Å². The first-order valence-corrected chi connectivity index (χ1v) is 6.97. The highest BCUT2D eigenvalue weighted by molar-refractivity contribution is 5.75. The van der Waals surface area contributed by atoms with Gasteiger partial charge in [-0.05, 0) is 44.9 Å². The Hall–Kier alpha value is -1.42. The summed E-state index contributed by atoms with van der Waals surface area (Å²) in [7, 11) is 0. The molecule has 1 saturated heterocycles. The smallest absolute Gasteiger partial charge is 0.310 e. The van der Waals surface area contributed by atoms with Gasteiger partial charge in [0.1, 0.15) is 0 Å². The lowest BCUT2D eigenvalue weighted by molar-refractivity contribution is -0.153. The summed E-state index contributed by atoms with van der Waals surface area (Å²) < 4.78 is 0. The van der Waals surface area contributed by atoms with Gasteiger partial charge >= 0.3 is 5.97 Å². The number of aromatic nitrogens is 1. The molecule has 0 bridgehead atoms. The molecule has 104 valence electrons. The summed E-state index contributed by atoms with van der Waals surface area (Å²) in [5, 5.41) is 9.52. The highest BCUT2D eigenvalue weighted by atomic mass is 16.4. The van der Waals surface area contributed by atoms with Crippen LogP contribution in [0.3, 0.4) is 0 Å². The second kappa shape index (κ2) is 5.70. The zero-order valence-corrected chi connectivity index (χ0v) is 11.7. The van der Waals surface area contributed by atoms with Crippen LogP contribution >= 0.6 is 0 Å². The number of hydrogen-bond donors (Lipinski definition) is 1. The SMILES string of the molecule is CCC1(C(=O)O)CCCN(C(C)c2ccccn2)C1. The predicted octanol–water partition coefficient (Wildman–Crippen LogP) is 2.72. The van der Waals surface area contributed by atoms with E-state index in [1.165, 1.54) is 0 Å². The van der Waals surface area contributed by atoms with Gasteiger partial charge in [0.05, 0.1) is 11.1 Å². The van der Waals surface area contributed by atoms with Crippen molar-refractivity contribution in [3.63, 3.8) is 0 Å². The topological polar surface area (TPSA) is 53.4 Å². The molecule has 2 unspecified atom stereocenters. The number of aliphatic carboxylic acids is 1. The van der Waals surface area contributed by atoms with Crippen LogP contribution in [0.25, 0.3) is 0 Å². The second-order valence-electron chi connectivity index (χ2n) is 5.44. The largest absolute Gasteiger partial charge is 0.481 e. The first-order chi connectivity index (χ1) is 9.09. The van der Waals surface area contributed by atoms with Crippen LogP contribution < -0.4 is 0 Å². The molecule has 0 amide bonds. The van der Waals surface area contributed by atoms with Gasteiger partial charge in [-0.3, -0.25) is 14.7 Å². The van der Waals surface area contributed by atoms with Crippen molar-refractivity contribution >= 4 is 5.97 Å². The molecule has 2 heterocycles. The molecule has 0 radical (unpaired) electrons. The van der Waals surface area contributed by atoms with Crippen LogP contribution in [0.1, 0.15) is 44.8 Å². The number of nitrogens with zero attached hydrogens (tertiary/aromatic N) is 2. The molecule has 1 aromatic heterocycles. The van der Waals surface area contributed by atoms with E-state index >= 15 is 0 Å². The molecule has 1 N–H and O–H groups in total. The molecule has 0 saturated carbocycles. The summed E-state index contributed by atoms with van der Waals surface area (Å²) in [6, 6.07) is 6.06. The third-order valence-electron chi connectivity index (χ3n) is 4.40. The van der Waals surface area contributed by atoms with Gasteiger partial charge in [0.2, 0.25) is 0 Å². The molecule has 1 fully saturated rings. The minimum absolute atomic E-state index is 0.173. The van der Waals surface area contributed by atoms with Crippen molar-refractivity contribution in [3.8, 4) is 0 Å². The Morgan fingerprint density at radius 2 is 2.37 bits per heavy atom. The number of carboxylic acids is 1. The highest BCUT2D eigenvalue weighted by Gasteiger charge is 2.42. The van der Waals surface area contributed by atoms with E-state index in [9.17, 15) is 9.90 Å². The van der Waals surface area contributed by atoms with E-state index in [1.807, 2.05) is 25.1 Å². The fourth-order valence-corrected chi connectivity index (χ4v) is 2.92. The fourth-order valence-electron chi connectivity index (χ4n) is 2.92. The number of carboxylic acid groups (broad SMARTS) is 1. The van der Waals surface area contributed by atoms with Crippen LogP contribution in [-0.4, -0.2) is 34.0 Å². The molecule has 1 aromatic rings. The molecular formula is C15H22N2O2. The maximum absolute atomic E-state index is 11.6. The summed E-state index contributed by atoms with van der Waals surface area (Å²) in [6.07, 6.45) is 4.20. The molecule has 2 rings (SSSR count). The molecule has 2 atom stereocenters. The molecule has 4 heteroatoms. The lowest BCUT2D eigenvalue weighted by atomic mass is 9.77. The lowest BCUT2D eigenvalue weighted by Crippen LogP contribution is -2.48. The van der Waals surface area contributed by atoms with E-state index in [2.05, 4.69) is 16.8 Å². The van der Waals surface area contributed by atoms with Gasteiger partial charge in [-0.25, -0.2) is 0 Å². The molecule has 0 aliphatic carbocycles. The van der Waals surface area contributed by atoms with Crippen molar-refractivity contribution in [2.45, 2.75) is 39.2 Å². The Kier molecular flexibility index (Phi) is 4.20. The van der Waals surface area contributed by atoms with Crippen molar-refractivity contribution in [2.75, 3.05) is 13.1 Å². The number of pyridine rings is 1. The number of likely N-dealkylation sites (tertiary alicyclic amines) is 1. The molecular weight excluding hydrogens is 240 g/mol. The van der Waals surface area contributed by atoms with Crippen molar-refractivity contribution in [3.05, 3.63) is 30.1 Å². The molecule has 19 heavy (non-hydrogen) atoms. The quantitative estimate of drug-likeness (QED) is 0.906. The number of carbonyl (C=O) groups is 1. The Morgan fingerprint density at radius 3 is 2.95 bits per heavy atom. The highest BCUT2D eigenvalue weighted by Crippen LogP contribution is 2.36. The maximum atomic E-state index is 11.6. The van der Waals surface area contributed by atoms with E-state index in [1.54, 1.807) is 6.20 Å². The molecule has 0 spiro atoms. The number of rotatable bonds is 4. The monoisotopic (exact) mass is 262 g/mol. The third kappa shape index (κ3) is 2.78. The molecule has 0 aromatic carbocycles. The normalized spacial score (nSPS) is 26.0. The lowest BCUT2D eigenvalue weighted by Gasteiger charge is -2.42. The van der Waals surface area contributed by atoms with Crippen molar-refractivity contribution in [1.29, 1.82) is 0 Å². The second-order valence-corrected chi connectivity index (χ2v) is 5.44. The van der Waals surface area contributed by atoms with Gasteiger partial charge in [-0.2, -0.15) is 0 Å².